The summed E-state index contributed by atoms with van der Waals surface area (Å²) < 4.78 is 5.16. The maximum Gasteiger partial charge on any atom is 0.220 e. The van der Waals surface area contributed by atoms with E-state index in [1.807, 2.05) is 12.1 Å². The molecule has 128 valence electrons. The third-order valence-corrected chi connectivity index (χ3v) is 4.67. The van der Waals surface area contributed by atoms with Crippen LogP contribution in [-0.2, 0) is 11.2 Å². The van der Waals surface area contributed by atoms with E-state index in [-0.39, 0.29) is 5.91 Å². The highest BCUT2D eigenvalue weighted by Crippen LogP contribution is 2.17. The zero-order chi connectivity index (χ0) is 16.5. The molecule has 0 atom stereocenters. The van der Waals surface area contributed by atoms with Crippen molar-refractivity contribution in [2.24, 2.45) is 5.73 Å². The fourth-order valence-corrected chi connectivity index (χ4v) is 3.15. The van der Waals surface area contributed by atoms with Crippen molar-refractivity contribution in [2.45, 2.75) is 69.9 Å². The molecule has 1 fully saturated rings. The predicted octanol–water partition coefficient (Wildman–Crippen LogP) is 3.18. The summed E-state index contributed by atoms with van der Waals surface area (Å²) in [7, 11) is 1.68. The topological polar surface area (TPSA) is 64.3 Å². The first-order valence-corrected chi connectivity index (χ1v) is 8.85. The van der Waals surface area contributed by atoms with Gasteiger partial charge in [-0.3, -0.25) is 4.79 Å². The summed E-state index contributed by atoms with van der Waals surface area (Å²) in [6, 6.07) is 8.90. The third kappa shape index (κ3) is 6.61. The molecule has 0 saturated heterocycles. The van der Waals surface area contributed by atoms with E-state index < -0.39 is 0 Å². The average molecular weight is 318 g/mol. The number of nitrogens with one attached hydrogen (secondary N) is 1. The van der Waals surface area contributed by atoms with E-state index in [1.54, 1.807) is 7.11 Å². The van der Waals surface area contributed by atoms with E-state index in [0.717, 1.165) is 57.1 Å². The molecule has 0 aliphatic heterocycles. The van der Waals surface area contributed by atoms with Crippen molar-refractivity contribution >= 4 is 5.91 Å². The van der Waals surface area contributed by atoms with Gasteiger partial charge in [0.1, 0.15) is 5.75 Å². The quantitative estimate of drug-likeness (QED) is 0.724. The van der Waals surface area contributed by atoms with Gasteiger partial charge in [0, 0.05) is 18.5 Å². The number of hydrogen-bond acceptors (Lipinski definition) is 3. The lowest BCUT2D eigenvalue weighted by Crippen LogP contribution is -2.40. The molecule has 0 unspecified atom stereocenters. The van der Waals surface area contributed by atoms with Gasteiger partial charge in [0.05, 0.1) is 7.11 Å². The second-order valence-corrected chi connectivity index (χ2v) is 6.59. The Balaban J connectivity index is 1.53. The van der Waals surface area contributed by atoms with E-state index >= 15 is 0 Å². The molecule has 1 amide bonds. The molecule has 0 bridgehead atoms. The molecule has 4 heteroatoms. The summed E-state index contributed by atoms with van der Waals surface area (Å²) >= 11 is 0. The van der Waals surface area contributed by atoms with Gasteiger partial charge >= 0.3 is 0 Å². The molecule has 0 heterocycles. The highest BCUT2D eigenvalue weighted by Gasteiger charge is 2.19. The molecular weight excluding hydrogens is 288 g/mol. The Morgan fingerprint density at radius 2 is 1.83 bits per heavy atom. The lowest BCUT2D eigenvalue weighted by Gasteiger charge is -2.26. The molecule has 1 aliphatic carbocycles. The van der Waals surface area contributed by atoms with Crippen molar-refractivity contribution in [1.82, 2.24) is 5.32 Å². The van der Waals surface area contributed by atoms with E-state index in [4.69, 9.17) is 10.5 Å². The van der Waals surface area contributed by atoms with Crippen LogP contribution >= 0.6 is 0 Å². The highest BCUT2D eigenvalue weighted by atomic mass is 16.5. The zero-order valence-electron chi connectivity index (χ0n) is 14.2. The van der Waals surface area contributed by atoms with Crippen LogP contribution in [0.4, 0.5) is 0 Å². The van der Waals surface area contributed by atoms with Crippen molar-refractivity contribution in [3.63, 3.8) is 0 Å². The molecule has 23 heavy (non-hydrogen) atoms. The van der Waals surface area contributed by atoms with Crippen molar-refractivity contribution in [2.75, 3.05) is 7.11 Å². The van der Waals surface area contributed by atoms with Crippen molar-refractivity contribution in [3.8, 4) is 5.75 Å². The minimum Gasteiger partial charge on any atom is -0.497 e. The first kappa shape index (κ1) is 17.8. The van der Waals surface area contributed by atoms with E-state index in [0.29, 0.717) is 18.5 Å². The van der Waals surface area contributed by atoms with Crippen LogP contribution in [0.1, 0.15) is 56.9 Å². The first-order valence-electron chi connectivity index (χ1n) is 8.85. The lowest BCUT2D eigenvalue weighted by molar-refractivity contribution is -0.122. The normalized spacial score (nSPS) is 21.0. The largest absolute Gasteiger partial charge is 0.497 e. The summed E-state index contributed by atoms with van der Waals surface area (Å²) in [5.74, 6) is 1.10. The number of carbonyl (C=O) groups is 1. The van der Waals surface area contributed by atoms with Gasteiger partial charge in [-0.25, -0.2) is 0 Å². The van der Waals surface area contributed by atoms with Crippen LogP contribution in [0.25, 0.3) is 0 Å². The molecule has 1 aromatic rings. The Labute approximate surface area is 139 Å². The van der Waals surface area contributed by atoms with Crippen LogP contribution in [-0.4, -0.2) is 25.1 Å². The van der Waals surface area contributed by atoms with Gasteiger partial charge in [0.15, 0.2) is 0 Å². The Morgan fingerprint density at radius 1 is 1.13 bits per heavy atom. The number of ether oxygens (including phenoxy) is 1. The molecule has 1 aliphatic rings. The van der Waals surface area contributed by atoms with Crippen LogP contribution < -0.4 is 15.8 Å². The van der Waals surface area contributed by atoms with Gasteiger partial charge in [-0.15, -0.1) is 0 Å². The average Bonchev–Trinajstić information content (AvgIpc) is 2.57. The number of carbonyl (C=O) groups excluding carboxylic acids is 1. The van der Waals surface area contributed by atoms with Gasteiger partial charge in [-0.05, 0) is 62.6 Å². The summed E-state index contributed by atoms with van der Waals surface area (Å²) in [4.78, 5) is 11.9. The zero-order valence-corrected chi connectivity index (χ0v) is 14.2. The SMILES string of the molecule is COc1ccc(CCCCCC(=O)NC2CCC(N)CC2)cc1. The molecule has 1 saturated carbocycles. The fraction of sp³-hybridized carbons (Fsp3) is 0.632. The second-order valence-electron chi connectivity index (χ2n) is 6.59. The number of unbranched alkanes of at least 4 members (excludes halogenated alkanes) is 2. The van der Waals surface area contributed by atoms with Crippen LogP contribution in [0.2, 0.25) is 0 Å². The summed E-state index contributed by atoms with van der Waals surface area (Å²) in [6.45, 7) is 0. The molecule has 2 rings (SSSR count). The fourth-order valence-electron chi connectivity index (χ4n) is 3.15. The molecular formula is C19H30N2O2. The summed E-state index contributed by atoms with van der Waals surface area (Å²) in [6.07, 6.45) is 9.02. The number of amides is 1. The number of aryl methyl sites for hydroxylation is 1. The van der Waals surface area contributed by atoms with Crippen LogP contribution in [0.15, 0.2) is 24.3 Å². The monoisotopic (exact) mass is 318 g/mol. The summed E-state index contributed by atoms with van der Waals surface area (Å²) in [5, 5.41) is 3.15. The standard InChI is InChI=1S/C19H30N2O2/c1-23-18-13-7-15(8-14-18)5-3-2-4-6-19(22)21-17-11-9-16(20)10-12-17/h7-8,13-14,16-17H,2-6,9-12,20H2,1H3,(H,21,22). The Hall–Kier alpha value is -1.55. The first-order chi connectivity index (χ1) is 11.2. The number of rotatable bonds is 8. The number of nitrogens with two attached hydrogens (primary N) is 1. The Kier molecular flexibility index (Phi) is 7.40. The third-order valence-electron chi connectivity index (χ3n) is 4.67. The Morgan fingerprint density at radius 3 is 2.48 bits per heavy atom. The van der Waals surface area contributed by atoms with Crippen LogP contribution in [0, 0.1) is 0 Å². The minimum absolute atomic E-state index is 0.204. The van der Waals surface area contributed by atoms with E-state index in [9.17, 15) is 4.79 Å². The minimum atomic E-state index is 0.204. The second kappa shape index (κ2) is 9.56. The maximum atomic E-state index is 11.9. The maximum absolute atomic E-state index is 11.9. The molecule has 0 aromatic heterocycles. The van der Waals surface area contributed by atoms with E-state index in [2.05, 4.69) is 17.4 Å². The van der Waals surface area contributed by atoms with Crippen molar-refractivity contribution < 1.29 is 9.53 Å². The predicted molar refractivity (Wildman–Crippen MR) is 93.5 cm³/mol. The van der Waals surface area contributed by atoms with Crippen LogP contribution in [0.5, 0.6) is 5.75 Å². The molecule has 1 aromatic carbocycles. The van der Waals surface area contributed by atoms with Gasteiger partial charge in [-0.2, -0.15) is 0 Å². The highest BCUT2D eigenvalue weighted by molar-refractivity contribution is 5.76. The van der Waals surface area contributed by atoms with Gasteiger partial charge in [0.25, 0.3) is 0 Å². The lowest BCUT2D eigenvalue weighted by atomic mass is 9.92. The van der Waals surface area contributed by atoms with Gasteiger partial charge < -0.3 is 15.8 Å². The molecule has 0 radical (unpaired) electrons. The van der Waals surface area contributed by atoms with Gasteiger partial charge in [-0.1, -0.05) is 18.6 Å². The Bertz CT molecular complexity index is 465. The smallest absolute Gasteiger partial charge is 0.220 e. The van der Waals surface area contributed by atoms with Gasteiger partial charge in [0.2, 0.25) is 5.91 Å². The van der Waals surface area contributed by atoms with E-state index in [1.165, 1.54) is 5.56 Å². The number of benzene rings is 1. The molecule has 4 nitrogen and oxygen atoms in total. The summed E-state index contributed by atoms with van der Waals surface area (Å²) in [5.41, 5.74) is 7.21. The molecule has 0 spiro atoms. The number of methoxy groups -OCH3 is 1. The van der Waals surface area contributed by atoms with Crippen molar-refractivity contribution in [1.29, 1.82) is 0 Å². The number of hydrogen-bond donors (Lipinski definition) is 2. The molecule has 3 N–H and O–H groups in total. The van der Waals surface area contributed by atoms with Crippen molar-refractivity contribution in [3.05, 3.63) is 29.8 Å². The van der Waals surface area contributed by atoms with Crippen LogP contribution in [0.3, 0.4) is 0 Å².